The molecule has 1 aromatic heterocycles. The molecular formula is C11H21N3O2S. The van der Waals surface area contributed by atoms with E-state index in [1.807, 2.05) is 6.92 Å². The van der Waals surface area contributed by atoms with Crippen molar-refractivity contribution in [2.75, 3.05) is 0 Å². The van der Waals surface area contributed by atoms with Gasteiger partial charge in [0.05, 0.1) is 6.20 Å². The van der Waals surface area contributed by atoms with Crippen LogP contribution in [0.1, 0.15) is 39.5 Å². The van der Waals surface area contributed by atoms with Crippen molar-refractivity contribution in [3.05, 3.63) is 12.4 Å². The van der Waals surface area contributed by atoms with Crippen molar-refractivity contribution < 1.29 is 8.42 Å². The van der Waals surface area contributed by atoms with Crippen LogP contribution in [-0.4, -0.2) is 24.2 Å². The van der Waals surface area contributed by atoms with Gasteiger partial charge >= 0.3 is 0 Å². The van der Waals surface area contributed by atoms with Crippen LogP contribution in [-0.2, 0) is 17.1 Å². The molecular weight excluding hydrogens is 238 g/mol. The maximum absolute atomic E-state index is 11.9. The summed E-state index contributed by atoms with van der Waals surface area (Å²) in [5.74, 6) is 0. The van der Waals surface area contributed by atoms with Crippen molar-refractivity contribution in [1.29, 1.82) is 0 Å². The summed E-state index contributed by atoms with van der Waals surface area (Å²) in [6.45, 7) is 4.02. The minimum Gasteiger partial charge on any atom is -0.274 e. The number of hydrogen-bond acceptors (Lipinski definition) is 3. The van der Waals surface area contributed by atoms with E-state index >= 15 is 0 Å². The number of nitrogens with zero attached hydrogens (tertiary/aromatic N) is 2. The topological polar surface area (TPSA) is 64.0 Å². The molecule has 0 radical (unpaired) electrons. The average molecular weight is 259 g/mol. The third-order valence-corrected chi connectivity index (χ3v) is 4.13. The monoisotopic (exact) mass is 259 g/mol. The zero-order valence-electron chi connectivity index (χ0n) is 10.7. The number of sulfonamides is 1. The summed E-state index contributed by atoms with van der Waals surface area (Å²) in [5, 5.41) is 3.86. The van der Waals surface area contributed by atoms with Crippen molar-refractivity contribution >= 4 is 10.0 Å². The molecule has 5 nitrogen and oxygen atoms in total. The van der Waals surface area contributed by atoms with Crippen LogP contribution in [0.3, 0.4) is 0 Å². The third-order valence-electron chi connectivity index (χ3n) is 2.59. The minimum atomic E-state index is -3.41. The normalized spacial score (nSPS) is 13.8. The summed E-state index contributed by atoms with van der Waals surface area (Å²) in [7, 11) is -1.71. The zero-order chi connectivity index (χ0) is 12.9. The van der Waals surface area contributed by atoms with E-state index in [0.29, 0.717) is 0 Å². The van der Waals surface area contributed by atoms with Crippen LogP contribution in [0.25, 0.3) is 0 Å². The molecule has 0 aliphatic rings. The predicted octanol–water partition coefficient (Wildman–Crippen LogP) is 1.67. The Balaban J connectivity index is 2.55. The van der Waals surface area contributed by atoms with Gasteiger partial charge in [0.15, 0.2) is 0 Å². The Hall–Kier alpha value is -0.880. The van der Waals surface area contributed by atoms with Crippen LogP contribution in [0, 0.1) is 0 Å². The lowest BCUT2D eigenvalue weighted by atomic mass is 10.1. The van der Waals surface area contributed by atoms with Gasteiger partial charge in [-0.15, -0.1) is 0 Å². The van der Waals surface area contributed by atoms with Crippen LogP contribution in [0.4, 0.5) is 0 Å². The number of unbranched alkanes of at least 4 members (excludes halogenated alkanes) is 2. The lowest BCUT2D eigenvalue weighted by Crippen LogP contribution is -2.32. The van der Waals surface area contributed by atoms with E-state index in [2.05, 4.69) is 16.7 Å². The lowest BCUT2D eigenvalue weighted by Gasteiger charge is -2.12. The van der Waals surface area contributed by atoms with Crippen LogP contribution < -0.4 is 4.72 Å². The standard InChI is InChI=1S/C11H21N3O2S/c1-4-5-6-7-10(2)13-17(15,16)11-8-12-14(3)9-11/h8-10,13H,4-7H2,1-3H3/t10-/m0/s1. The Morgan fingerprint density at radius 1 is 1.47 bits per heavy atom. The van der Waals surface area contributed by atoms with E-state index in [4.69, 9.17) is 0 Å². The van der Waals surface area contributed by atoms with E-state index in [9.17, 15) is 8.42 Å². The fourth-order valence-electron chi connectivity index (χ4n) is 1.63. The first-order valence-corrected chi connectivity index (χ1v) is 7.45. The highest BCUT2D eigenvalue weighted by molar-refractivity contribution is 7.89. The van der Waals surface area contributed by atoms with Gasteiger partial charge in [0, 0.05) is 19.3 Å². The molecule has 1 heterocycles. The largest absolute Gasteiger partial charge is 0.274 e. The highest BCUT2D eigenvalue weighted by atomic mass is 32.2. The fourth-order valence-corrected chi connectivity index (χ4v) is 2.89. The fraction of sp³-hybridized carbons (Fsp3) is 0.727. The molecule has 1 rings (SSSR count). The molecule has 0 aliphatic heterocycles. The molecule has 0 aliphatic carbocycles. The smallest absolute Gasteiger partial charge is 0.243 e. The number of rotatable bonds is 7. The quantitative estimate of drug-likeness (QED) is 0.758. The van der Waals surface area contributed by atoms with Crippen molar-refractivity contribution in [3.8, 4) is 0 Å². The summed E-state index contributed by atoms with van der Waals surface area (Å²) in [5.41, 5.74) is 0. The van der Waals surface area contributed by atoms with E-state index in [1.54, 1.807) is 7.05 Å². The first-order valence-electron chi connectivity index (χ1n) is 5.96. The Labute approximate surface area is 103 Å². The Morgan fingerprint density at radius 2 is 2.18 bits per heavy atom. The average Bonchev–Trinajstić information content (AvgIpc) is 2.65. The Kier molecular flexibility index (Phi) is 5.14. The molecule has 17 heavy (non-hydrogen) atoms. The van der Waals surface area contributed by atoms with Crippen molar-refractivity contribution in [2.24, 2.45) is 7.05 Å². The van der Waals surface area contributed by atoms with Crippen LogP contribution in [0.2, 0.25) is 0 Å². The van der Waals surface area contributed by atoms with Gasteiger partial charge in [0.1, 0.15) is 4.90 Å². The summed E-state index contributed by atoms with van der Waals surface area (Å²) in [6.07, 6.45) is 7.06. The first kappa shape index (κ1) is 14.2. The number of nitrogens with one attached hydrogen (secondary N) is 1. The molecule has 1 atom stereocenters. The summed E-state index contributed by atoms with van der Waals surface area (Å²) < 4.78 is 28.0. The van der Waals surface area contributed by atoms with Gasteiger partial charge in [-0.1, -0.05) is 26.2 Å². The maximum Gasteiger partial charge on any atom is 0.243 e. The number of aryl methyl sites for hydroxylation is 1. The van der Waals surface area contributed by atoms with Gasteiger partial charge < -0.3 is 0 Å². The number of hydrogen-bond donors (Lipinski definition) is 1. The van der Waals surface area contributed by atoms with Crippen molar-refractivity contribution in [3.63, 3.8) is 0 Å². The van der Waals surface area contributed by atoms with E-state index in [-0.39, 0.29) is 10.9 Å². The molecule has 6 heteroatoms. The van der Waals surface area contributed by atoms with Crippen molar-refractivity contribution in [1.82, 2.24) is 14.5 Å². The second-order valence-electron chi connectivity index (χ2n) is 4.37. The van der Waals surface area contributed by atoms with E-state index in [0.717, 1.165) is 25.7 Å². The van der Waals surface area contributed by atoms with Gasteiger partial charge in [-0.3, -0.25) is 4.68 Å². The molecule has 0 aromatic carbocycles. The summed E-state index contributed by atoms with van der Waals surface area (Å²) >= 11 is 0. The Morgan fingerprint density at radius 3 is 2.71 bits per heavy atom. The van der Waals surface area contributed by atoms with Crippen molar-refractivity contribution in [2.45, 2.75) is 50.5 Å². The lowest BCUT2D eigenvalue weighted by molar-refractivity contribution is 0.527. The molecule has 1 N–H and O–H groups in total. The predicted molar refractivity (Wildman–Crippen MR) is 67.1 cm³/mol. The molecule has 0 amide bonds. The second-order valence-corrected chi connectivity index (χ2v) is 6.08. The van der Waals surface area contributed by atoms with Gasteiger partial charge in [0.2, 0.25) is 10.0 Å². The van der Waals surface area contributed by atoms with Gasteiger partial charge in [-0.2, -0.15) is 5.10 Å². The SMILES string of the molecule is CCCCC[C@H](C)NS(=O)(=O)c1cnn(C)c1. The van der Waals surface area contributed by atoms with Gasteiger partial charge in [-0.05, 0) is 13.3 Å². The molecule has 0 spiro atoms. The van der Waals surface area contributed by atoms with E-state index in [1.165, 1.54) is 17.1 Å². The van der Waals surface area contributed by atoms with Crippen LogP contribution in [0.15, 0.2) is 17.3 Å². The summed E-state index contributed by atoms with van der Waals surface area (Å²) in [4.78, 5) is 0.224. The number of aromatic nitrogens is 2. The highest BCUT2D eigenvalue weighted by Crippen LogP contribution is 2.09. The second kappa shape index (κ2) is 6.16. The molecule has 0 saturated carbocycles. The molecule has 0 saturated heterocycles. The first-order chi connectivity index (χ1) is 7.95. The molecule has 0 bridgehead atoms. The molecule has 0 fully saturated rings. The third kappa shape index (κ3) is 4.47. The van der Waals surface area contributed by atoms with E-state index < -0.39 is 10.0 Å². The molecule has 98 valence electrons. The van der Waals surface area contributed by atoms with Crippen LogP contribution in [0.5, 0.6) is 0 Å². The minimum absolute atomic E-state index is 0.0354. The van der Waals surface area contributed by atoms with Gasteiger partial charge in [0.25, 0.3) is 0 Å². The van der Waals surface area contributed by atoms with Crippen LogP contribution >= 0.6 is 0 Å². The molecule has 1 aromatic rings. The zero-order valence-corrected chi connectivity index (χ0v) is 11.5. The maximum atomic E-state index is 11.9. The summed E-state index contributed by atoms with van der Waals surface area (Å²) in [6, 6.07) is -0.0354. The molecule has 0 unspecified atom stereocenters. The highest BCUT2D eigenvalue weighted by Gasteiger charge is 2.18. The Bertz CT molecular complexity index is 439. The van der Waals surface area contributed by atoms with Gasteiger partial charge in [-0.25, -0.2) is 13.1 Å².